The fraction of sp³-hybridized carbons (Fsp3) is 0.450. The maximum atomic E-state index is 13.2. The Bertz CT molecular complexity index is 1050. The molecule has 11 nitrogen and oxygen atoms in total. The van der Waals surface area contributed by atoms with Gasteiger partial charge in [0.15, 0.2) is 0 Å². The molecule has 1 aromatic heterocycles. The van der Waals surface area contributed by atoms with Crippen LogP contribution in [0.5, 0.6) is 5.75 Å². The zero-order valence-corrected chi connectivity index (χ0v) is 18.3. The second-order valence-corrected chi connectivity index (χ2v) is 7.26. The van der Waals surface area contributed by atoms with Gasteiger partial charge in [0.2, 0.25) is 11.6 Å². The van der Waals surface area contributed by atoms with E-state index in [-0.39, 0.29) is 37.0 Å². The molecule has 1 saturated heterocycles. The van der Waals surface area contributed by atoms with Gasteiger partial charge in [0.05, 0.1) is 11.5 Å². The van der Waals surface area contributed by atoms with Crippen molar-refractivity contribution in [3.8, 4) is 5.75 Å². The number of carbonyl (C=O) groups excluding carboxylic acids is 1. The molecule has 190 valence electrons. The van der Waals surface area contributed by atoms with Crippen LogP contribution in [0.2, 0.25) is 0 Å². The van der Waals surface area contributed by atoms with E-state index in [2.05, 4.69) is 20.0 Å². The van der Waals surface area contributed by atoms with Crippen molar-refractivity contribution < 1.29 is 41.5 Å². The van der Waals surface area contributed by atoms with Crippen LogP contribution in [0.4, 0.5) is 45.4 Å². The summed E-state index contributed by atoms with van der Waals surface area (Å²) in [6.07, 6.45) is -8.13. The molecule has 2 heterocycles. The lowest BCUT2D eigenvalue weighted by Crippen LogP contribution is -2.38. The van der Waals surface area contributed by atoms with E-state index in [1.165, 1.54) is 12.1 Å². The molecule has 1 aliphatic heterocycles. The van der Waals surface area contributed by atoms with Gasteiger partial charge in [0.25, 0.3) is 0 Å². The molecule has 1 aliphatic rings. The first kappa shape index (κ1) is 25.7. The topological polar surface area (TPSA) is 129 Å². The zero-order chi connectivity index (χ0) is 25.6. The monoisotopic (exact) mass is 503 g/mol. The summed E-state index contributed by atoms with van der Waals surface area (Å²) in [6.45, 7) is 2.39. The molecule has 15 heteroatoms. The summed E-state index contributed by atoms with van der Waals surface area (Å²) in [4.78, 5) is 32.2. The Balaban J connectivity index is 1.77. The van der Waals surface area contributed by atoms with Crippen molar-refractivity contribution in [2.24, 2.45) is 0 Å². The third-order valence-corrected chi connectivity index (χ3v) is 4.86. The van der Waals surface area contributed by atoms with Crippen molar-refractivity contribution in [3.05, 3.63) is 40.7 Å². The molecule has 1 fully saturated rings. The van der Waals surface area contributed by atoms with Gasteiger partial charge >= 0.3 is 24.4 Å². The summed E-state index contributed by atoms with van der Waals surface area (Å²) in [5, 5.41) is 14.5. The molecule has 1 aromatic carbocycles. The number of anilines is 3. The van der Waals surface area contributed by atoms with Crippen LogP contribution in [0, 0.1) is 10.1 Å². The van der Waals surface area contributed by atoms with Gasteiger partial charge < -0.3 is 24.4 Å². The minimum absolute atomic E-state index is 0.00118. The molecule has 2 aromatic rings. The van der Waals surface area contributed by atoms with Gasteiger partial charge in [0, 0.05) is 37.7 Å². The van der Waals surface area contributed by atoms with Crippen LogP contribution in [-0.2, 0) is 9.47 Å². The summed E-state index contributed by atoms with van der Waals surface area (Å²) in [5.74, 6) is -0.831. The highest BCUT2D eigenvalue weighted by Crippen LogP contribution is 2.36. The fourth-order valence-electron chi connectivity index (χ4n) is 3.31. The Morgan fingerprint density at radius 2 is 2.03 bits per heavy atom. The number of benzene rings is 1. The highest BCUT2D eigenvalue weighted by molar-refractivity contribution is 5.74. The minimum atomic E-state index is -4.71. The number of nitrogens with zero attached hydrogens (tertiary/aromatic N) is 4. The van der Waals surface area contributed by atoms with E-state index in [0.29, 0.717) is 12.8 Å². The highest BCUT2D eigenvalue weighted by atomic mass is 19.3. The third kappa shape index (κ3) is 6.58. The van der Waals surface area contributed by atoms with E-state index in [4.69, 9.17) is 9.47 Å². The SMILES string of the molecule is CCOC(=O)OC1CCN(c2ncnc(Nc3cccc(OC(F)(F)C(F)F)c3)c2[N+](=O)[O-])CC1. The predicted molar refractivity (Wildman–Crippen MR) is 113 cm³/mol. The molecule has 0 aliphatic carbocycles. The Morgan fingerprint density at radius 3 is 2.66 bits per heavy atom. The molecule has 35 heavy (non-hydrogen) atoms. The molecule has 0 bridgehead atoms. The number of hydrogen-bond acceptors (Lipinski definition) is 10. The number of piperidine rings is 1. The van der Waals surface area contributed by atoms with E-state index in [1.807, 2.05) is 0 Å². The van der Waals surface area contributed by atoms with Crippen LogP contribution in [0.1, 0.15) is 19.8 Å². The number of halogens is 4. The van der Waals surface area contributed by atoms with Crippen LogP contribution in [-0.4, -0.2) is 59.4 Å². The summed E-state index contributed by atoms with van der Waals surface area (Å²) in [7, 11) is 0. The minimum Gasteiger partial charge on any atom is -0.435 e. The number of aromatic nitrogens is 2. The van der Waals surface area contributed by atoms with Crippen molar-refractivity contribution in [2.45, 2.75) is 38.4 Å². The van der Waals surface area contributed by atoms with E-state index in [1.54, 1.807) is 11.8 Å². The van der Waals surface area contributed by atoms with E-state index >= 15 is 0 Å². The molecule has 0 radical (unpaired) electrons. The third-order valence-electron chi connectivity index (χ3n) is 4.86. The molecule has 0 amide bonds. The molecule has 1 N–H and O–H groups in total. The standard InChI is InChI=1S/C20H21F4N5O6/c1-2-33-19(30)34-13-6-8-28(9-7-13)17-15(29(31)32)16(25-11-26-17)27-12-4-3-5-14(10-12)35-20(23,24)18(21)22/h3-5,10-11,13,18H,2,6-9H2,1H3,(H,25,26,27). The smallest absolute Gasteiger partial charge is 0.435 e. The summed E-state index contributed by atoms with van der Waals surface area (Å²) < 4.78 is 65.2. The number of nitro groups is 1. The van der Waals surface area contributed by atoms with Crippen molar-refractivity contribution in [3.63, 3.8) is 0 Å². The normalized spacial score (nSPS) is 14.5. The first-order valence-corrected chi connectivity index (χ1v) is 10.4. The lowest BCUT2D eigenvalue weighted by Gasteiger charge is -2.31. The first-order chi connectivity index (χ1) is 16.6. The lowest BCUT2D eigenvalue weighted by atomic mass is 10.1. The van der Waals surface area contributed by atoms with Crippen molar-refractivity contribution in [2.75, 3.05) is 29.9 Å². The molecule has 0 unspecified atom stereocenters. The largest absolute Gasteiger partial charge is 0.508 e. The maximum absolute atomic E-state index is 13.2. The first-order valence-electron chi connectivity index (χ1n) is 10.4. The number of ether oxygens (including phenoxy) is 3. The highest BCUT2D eigenvalue weighted by Gasteiger charge is 2.44. The van der Waals surface area contributed by atoms with E-state index < -0.39 is 41.2 Å². The quantitative estimate of drug-likeness (QED) is 0.226. The predicted octanol–water partition coefficient (Wildman–Crippen LogP) is 4.51. The van der Waals surface area contributed by atoms with Crippen molar-refractivity contribution in [1.29, 1.82) is 0 Å². The average Bonchev–Trinajstić information content (AvgIpc) is 2.79. The number of alkyl halides is 4. The maximum Gasteiger partial charge on any atom is 0.508 e. The fourth-order valence-corrected chi connectivity index (χ4v) is 3.31. The van der Waals surface area contributed by atoms with Gasteiger partial charge in [-0.2, -0.15) is 17.6 Å². The average molecular weight is 503 g/mol. The Morgan fingerprint density at radius 1 is 1.31 bits per heavy atom. The summed E-state index contributed by atoms with van der Waals surface area (Å²) in [6, 6.07) is 4.60. The molecule has 0 saturated carbocycles. The molecule has 0 atom stereocenters. The van der Waals surface area contributed by atoms with Gasteiger partial charge in [-0.15, -0.1) is 0 Å². The number of carbonyl (C=O) groups is 1. The van der Waals surface area contributed by atoms with Gasteiger partial charge in [-0.3, -0.25) is 10.1 Å². The van der Waals surface area contributed by atoms with Gasteiger partial charge in [-0.1, -0.05) is 6.07 Å². The Labute approximate surface area is 196 Å². The van der Waals surface area contributed by atoms with Crippen molar-refractivity contribution in [1.82, 2.24) is 9.97 Å². The lowest BCUT2D eigenvalue weighted by molar-refractivity contribution is -0.383. The van der Waals surface area contributed by atoms with Crippen LogP contribution < -0.4 is 15.0 Å². The molecule has 3 rings (SSSR count). The number of rotatable bonds is 9. The molecular formula is C20H21F4N5O6. The van der Waals surface area contributed by atoms with Crippen LogP contribution in [0.25, 0.3) is 0 Å². The Kier molecular flexibility index (Phi) is 8.09. The number of hydrogen-bond donors (Lipinski definition) is 1. The van der Waals surface area contributed by atoms with E-state index in [9.17, 15) is 32.5 Å². The zero-order valence-electron chi connectivity index (χ0n) is 18.3. The van der Waals surface area contributed by atoms with Gasteiger partial charge in [-0.25, -0.2) is 14.8 Å². The van der Waals surface area contributed by atoms with Crippen LogP contribution in [0.15, 0.2) is 30.6 Å². The Hall–Kier alpha value is -3.91. The summed E-state index contributed by atoms with van der Waals surface area (Å²) >= 11 is 0. The molecular weight excluding hydrogens is 482 g/mol. The second kappa shape index (κ2) is 11.0. The van der Waals surface area contributed by atoms with Crippen LogP contribution in [0.3, 0.4) is 0 Å². The van der Waals surface area contributed by atoms with Crippen molar-refractivity contribution >= 4 is 29.2 Å². The van der Waals surface area contributed by atoms with Gasteiger partial charge in [-0.05, 0) is 19.1 Å². The molecule has 0 spiro atoms. The van der Waals surface area contributed by atoms with Gasteiger partial charge in [0.1, 0.15) is 18.2 Å². The summed E-state index contributed by atoms with van der Waals surface area (Å²) in [5.41, 5.74) is -0.455. The van der Waals surface area contributed by atoms with Crippen LogP contribution >= 0.6 is 0 Å². The van der Waals surface area contributed by atoms with E-state index in [0.717, 1.165) is 18.5 Å². The number of nitrogens with one attached hydrogen (secondary N) is 1. The second-order valence-electron chi connectivity index (χ2n) is 7.26.